The standard InChI is InChI=1S/C23H22F5N7O2/c24-19(25)13-15-1-3-16(4-2-15)14-29-34-21-31-20(32-22(33-21)35-9-11-36-12-10-35)30-17-5-7-18(8-6-17)37-23(26,27)28/h1-8,19H,9-14H2,(H,30,31,32,33). The van der Waals surface area contributed by atoms with Gasteiger partial charge in [0.1, 0.15) is 5.75 Å². The van der Waals surface area contributed by atoms with Gasteiger partial charge in [0.25, 0.3) is 5.95 Å². The number of hydrogen-bond donors (Lipinski definition) is 1. The largest absolute Gasteiger partial charge is 0.573 e. The molecule has 0 spiro atoms. The maximum absolute atomic E-state index is 12.5. The molecule has 0 aliphatic carbocycles. The molecule has 1 saturated heterocycles. The van der Waals surface area contributed by atoms with Gasteiger partial charge in [-0.25, -0.2) is 8.78 Å². The highest BCUT2D eigenvalue weighted by molar-refractivity contribution is 5.56. The van der Waals surface area contributed by atoms with Crippen molar-refractivity contribution in [3.63, 3.8) is 0 Å². The number of anilines is 3. The fourth-order valence-corrected chi connectivity index (χ4v) is 3.37. The lowest BCUT2D eigenvalue weighted by Gasteiger charge is -2.26. The molecule has 4 rings (SSSR count). The van der Waals surface area contributed by atoms with Gasteiger partial charge in [0.05, 0.1) is 19.8 Å². The summed E-state index contributed by atoms with van der Waals surface area (Å²) in [5.74, 6) is 0.110. The molecular formula is C23H22F5N7O2. The van der Waals surface area contributed by atoms with E-state index in [1.807, 2.05) is 4.90 Å². The zero-order chi connectivity index (χ0) is 26.3. The third-order valence-corrected chi connectivity index (χ3v) is 5.08. The number of rotatable bonds is 9. The SMILES string of the molecule is FC(F)Cc1ccc(CN=Nc2nc(Nc3ccc(OC(F)(F)F)cc3)nc(N3CCOCC3)n2)cc1. The van der Waals surface area contributed by atoms with Crippen LogP contribution in [-0.4, -0.2) is 54.0 Å². The molecular weight excluding hydrogens is 501 g/mol. The number of azo groups is 1. The van der Waals surface area contributed by atoms with Crippen molar-refractivity contribution in [2.24, 2.45) is 10.2 Å². The molecule has 0 atom stereocenters. The lowest BCUT2D eigenvalue weighted by Crippen LogP contribution is -2.37. The third kappa shape index (κ3) is 8.31. The van der Waals surface area contributed by atoms with Crippen LogP contribution in [0, 0.1) is 0 Å². The molecule has 37 heavy (non-hydrogen) atoms. The zero-order valence-electron chi connectivity index (χ0n) is 19.3. The van der Waals surface area contributed by atoms with Crippen LogP contribution in [-0.2, 0) is 17.7 Å². The van der Waals surface area contributed by atoms with Crippen molar-refractivity contribution in [1.29, 1.82) is 0 Å². The Kier molecular flexibility index (Phi) is 8.38. The van der Waals surface area contributed by atoms with Gasteiger partial charge in [-0.05, 0) is 35.4 Å². The molecule has 0 radical (unpaired) electrons. The van der Waals surface area contributed by atoms with Gasteiger partial charge in [-0.15, -0.1) is 18.3 Å². The lowest BCUT2D eigenvalue weighted by molar-refractivity contribution is -0.274. The summed E-state index contributed by atoms with van der Waals surface area (Å²) in [6.45, 7) is 2.26. The Morgan fingerprint density at radius 3 is 2.27 bits per heavy atom. The van der Waals surface area contributed by atoms with Crippen molar-refractivity contribution in [1.82, 2.24) is 15.0 Å². The Balaban J connectivity index is 1.49. The zero-order valence-corrected chi connectivity index (χ0v) is 19.3. The number of nitrogens with zero attached hydrogens (tertiary/aromatic N) is 6. The highest BCUT2D eigenvalue weighted by Gasteiger charge is 2.31. The van der Waals surface area contributed by atoms with Crippen LogP contribution in [0.5, 0.6) is 5.75 Å². The van der Waals surface area contributed by atoms with E-state index >= 15 is 0 Å². The van der Waals surface area contributed by atoms with E-state index in [2.05, 4.69) is 35.2 Å². The highest BCUT2D eigenvalue weighted by atomic mass is 19.4. The number of nitrogens with one attached hydrogen (secondary N) is 1. The second kappa shape index (κ2) is 11.9. The minimum atomic E-state index is -4.79. The van der Waals surface area contributed by atoms with Gasteiger partial charge in [0, 0.05) is 25.2 Å². The summed E-state index contributed by atoms with van der Waals surface area (Å²) >= 11 is 0. The first kappa shape index (κ1) is 26.1. The maximum Gasteiger partial charge on any atom is 0.573 e. The smallest absolute Gasteiger partial charge is 0.406 e. The summed E-state index contributed by atoms with van der Waals surface area (Å²) in [4.78, 5) is 14.9. The first-order valence-electron chi connectivity index (χ1n) is 11.2. The van der Waals surface area contributed by atoms with E-state index in [9.17, 15) is 22.0 Å². The molecule has 1 N–H and O–H groups in total. The molecule has 0 saturated carbocycles. The second-order valence-corrected chi connectivity index (χ2v) is 7.87. The van der Waals surface area contributed by atoms with Gasteiger partial charge in [-0.3, -0.25) is 0 Å². The lowest BCUT2D eigenvalue weighted by atomic mass is 10.1. The Morgan fingerprint density at radius 2 is 1.62 bits per heavy atom. The van der Waals surface area contributed by atoms with Crippen molar-refractivity contribution >= 4 is 23.5 Å². The molecule has 196 valence electrons. The number of benzene rings is 2. The van der Waals surface area contributed by atoms with E-state index in [4.69, 9.17) is 4.74 Å². The molecule has 1 aliphatic heterocycles. The third-order valence-electron chi connectivity index (χ3n) is 5.08. The average Bonchev–Trinajstić information content (AvgIpc) is 2.86. The number of halogens is 5. The molecule has 0 unspecified atom stereocenters. The van der Waals surface area contributed by atoms with Crippen molar-refractivity contribution in [2.75, 3.05) is 36.5 Å². The Labute approximate surface area is 208 Å². The van der Waals surface area contributed by atoms with Crippen LogP contribution in [0.1, 0.15) is 11.1 Å². The van der Waals surface area contributed by atoms with Crippen LogP contribution in [0.25, 0.3) is 0 Å². The van der Waals surface area contributed by atoms with E-state index < -0.39 is 12.8 Å². The monoisotopic (exact) mass is 523 g/mol. The molecule has 9 nitrogen and oxygen atoms in total. The van der Waals surface area contributed by atoms with E-state index in [1.54, 1.807) is 24.3 Å². The summed E-state index contributed by atoms with van der Waals surface area (Å²) in [5.41, 5.74) is 1.71. The molecule has 2 heterocycles. The number of ether oxygens (including phenoxy) is 2. The minimum absolute atomic E-state index is 0.0188. The van der Waals surface area contributed by atoms with Crippen LogP contribution < -0.4 is 15.0 Å². The van der Waals surface area contributed by atoms with Crippen LogP contribution in [0.2, 0.25) is 0 Å². The average molecular weight is 523 g/mol. The van der Waals surface area contributed by atoms with Crippen molar-refractivity contribution in [2.45, 2.75) is 25.8 Å². The Bertz CT molecular complexity index is 1190. The van der Waals surface area contributed by atoms with Crippen LogP contribution in [0.3, 0.4) is 0 Å². The van der Waals surface area contributed by atoms with E-state index in [0.29, 0.717) is 43.5 Å². The molecule has 14 heteroatoms. The van der Waals surface area contributed by atoms with Gasteiger partial charge >= 0.3 is 6.36 Å². The second-order valence-electron chi connectivity index (χ2n) is 7.87. The van der Waals surface area contributed by atoms with Gasteiger partial charge in [0.15, 0.2) is 0 Å². The number of hydrogen-bond acceptors (Lipinski definition) is 9. The molecule has 3 aromatic rings. The van der Waals surface area contributed by atoms with E-state index in [-0.39, 0.29) is 30.6 Å². The predicted octanol–water partition coefficient (Wildman–Crippen LogP) is 5.44. The topological polar surface area (TPSA) is 97.1 Å². The van der Waals surface area contributed by atoms with Gasteiger partial charge in [-0.2, -0.15) is 20.1 Å². The Hall–Kier alpha value is -3.94. The Morgan fingerprint density at radius 1 is 0.946 bits per heavy atom. The number of aromatic nitrogens is 3. The molecule has 1 fully saturated rings. The summed E-state index contributed by atoms with van der Waals surface area (Å²) < 4.78 is 71.5. The first-order valence-corrected chi connectivity index (χ1v) is 11.2. The van der Waals surface area contributed by atoms with Crippen LogP contribution >= 0.6 is 0 Å². The minimum Gasteiger partial charge on any atom is -0.406 e. The summed E-state index contributed by atoms with van der Waals surface area (Å²) in [6, 6.07) is 11.7. The normalized spacial score (nSPS) is 14.4. The van der Waals surface area contributed by atoms with Crippen LogP contribution in [0.4, 0.5) is 45.5 Å². The fourth-order valence-electron chi connectivity index (χ4n) is 3.37. The summed E-state index contributed by atoms with van der Waals surface area (Å²) in [6.07, 6.45) is -7.52. The van der Waals surface area contributed by atoms with Crippen molar-refractivity contribution in [3.05, 3.63) is 59.7 Å². The fraction of sp³-hybridized carbons (Fsp3) is 0.348. The highest BCUT2D eigenvalue weighted by Crippen LogP contribution is 2.26. The van der Waals surface area contributed by atoms with Crippen molar-refractivity contribution in [3.8, 4) is 5.75 Å². The summed E-state index contributed by atoms with van der Waals surface area (Å²) in [5, 5.41) is 11.1. The number of morpholine rings is 1. The van der Waals surface area contributed by atoms with Crippen molar-refractivity contribution < 1.29 is 31.4 Å². The van der Waals surface area contributed by atoms with Gasteiger partial charge < -0.3 is 19.7 Å². The van der Waals surface area contributed by atoms with E-state index in [1.165, 1.54) is 12.1 Å². The molecule has 0 bridgehead atoms. The quantitative estimate of drug-likeness (QED) is 0.295. The van der Waals surface area contributed by atoms with E-state index in [0.717, 1.165) is 17.7 Å². The predicted molar refractivity (Wildman–Crippen MR) is 124 cm³/mol. The first-order chi connectivity index (χ1) is 17.7. The molecule has 1 aliphatic rings. The summed E-state index contributed by atoms with van der Waals surface area (Å²) in [7, 11) is 0. The molecule has 2 aromatic carbocycles. The molecule has 1 aromatic heterocycles. The molecule has 0 amide bonds. The maximum atomic E-state index is 12.5. The van der Waals surface area contributed by atoms with Gasteiger partial charge in [0.2, 0.25) is 18.3 Å². The van der Waals surface area contributed by atoms with Gasteiger partial charge in [-0.1, -0.05) is 24.3 Å². The number of alkyl halides is 5. The van der Waals surface area contributed by atoms with Crippen LogP contribution in [0.15, 0.2) is 58.8 Å².